The van der Waals surface area contributed by atoms with E-state index >= 15 is 0 Å². The van der Waals surface area contributed by atoms with Gasteiger partial charge in [-0.1, -0.05) is 13.8 Å². The van der Waals surface area contributed by atoms with Gasteiger partial charge in [0.05, 0.1) is 0 Å². The van der Waals surface area contributed by atoms with Crippen LogP contribution in [0.1, 0.15) is 19.5 Å². The molecule has 0 fully saturated rings. The van der Waals surface area contributed by atoms with E-state index in [9.17, 15) is 0 Å². The highest BCUT2D eigenvalue weighted by Crippen LogP contribution is 2.08. The van der Waals surface area contributed by atoms with E-state index in [1.165, 1.54) is 5.69 Å². The van der Waals surface area contributed by atoms with Crippen LogP contribution in [0.4, 0.5) is 0 Å². The highest BCUT2D eigenvalue weighted by Gasteiger charge is 1.99. The highest BCUT2D eigenvalue weighted by atomic mass is 79.9. The van der Waals surface area contributed by atoms with Gasteiger partial charge in [0.2, 0.25) is 0 Å². The number of aromatic amines is 1. The molecular formula is C7H11BrN2. The van der Waals surface area contributed by atoms with E-state index in [2.05, 4.69) is 39.7 Å². The summed E-state index contributed by atoms with van der Waals surface area (Å²) in [6.45, 7) is 4.38. The molecule has 0 spiro atoms. The molecule has 0 radical (unpaired) electrons. The van der Waals surface area contributed by atoms with Crippen LogP contribution in [-0.4, -0.2) is 9.97 Å². The molecule has 0 amide bonds. The predicted octanol–water partition coefficient (Wildman–Crippen LogP) is 2.37. The maximum absolute atomic E-state index is 4.03. The standard InChI is InChI=1S/C7H11BrN2/c1-5(2)3-6-4-9-7(8)10-6/h4-5H,3H2,1-2H3,(H,9,10). The fourth-order valence-corrected chi connectivity index (χ4v) is 1.23. The van der Waals surface area contributed by atoms with E-state index < -0.39 is 0 Å². The molecule has 0 bridgehead atoms. The van der Waals surface area contributed by atoms with Crippen LogP contribution in [0.25, 0.3) is 0 Å². The van der Waals surface area contributed by atoms with Gasteiger partial charge >= 0.3 is 0 Å². The summed E-state index contributed by atoms with van der Waals surface area (Å²) < 4.78 is 0.822. The second-order valence-electron chi connectivity index (χ2n) is 2.80. The highest BCUT2D eigenvalue weighted by molar-refractivity contribution is 9.10. The molecule has 1 aromatic rings. The van der Waals surface area contributed by atoms with Crippen molar-refractivity contribution >= 4 is 15.9 Å². The molecule has 2 nitrogen and oxygen atoms in total. The normalized spacial score (nSPS) is 10.8. The molecule has 0 unspecified atom stereocenters. The molecule has 0 aliphatic carbocycles. The molecule has 0 saturated heterocycles. The van der Waals surface area contributed by atoms with Crippen molar-refractivity contribution in [3.05, 3.63) is 16.6 Å². The average Bonchev–Trinajstić information content (AvgIpc) is 2.13. The Labute approximate surface area is 69.2 Å². The molecule has 1 heterocycles. The third-order valence-electron chi connectivity index (χ3n) is 1.23. The summed E-state index contributed by atoms with van der Waals surface area (Å²) in [5.41, 5.74) is 1.20. The molecule has 3 heteroatoms. The maximum atomic E-state index is 4.03. The molecule has 0 aromatic carbocycles. The summed E-state index contributed by atoms with van der Waals surface area (Å²) in [6, 6.07) is 0. The molecule has 56 valence electrons. The first-order valence-corrected chi connectivity index (χ1v) is 4.17. The van der Waals surface area contributed by atoms with Gasteiger partial charge < -0.3 is 4.98 Å². The predicted molar refractivity (Wildman–Crippen MR) is 44.8 cm³/mol. The number of H-pyrrole nitrogens is 1. The third-order valence-corrected chi connectivity index (χ3v) is 1.63. The number of halogens is 1. The van der Waals surface area contributed by atoms with E-state index in [0.29, 0.717) is 5.92 Å². The molecule has 0 aliphatic heterocycles. The van der Waals surface area contributed by atoms with Crippen LogP contribution in [0.3, 0.4) is 0 Å². The van der Waals surface area contributed by atoms with Crippen molar-refractivity contribution in [2.45, 2.75) is 20.3 Å². The van der Waals surface area contributed by atoms with E-state index in [1.807, 2.05) is 6.20 Å². The zero-order valence-corrected chi connectivity index (χ0v) is 7.77. The van der Waals surface area contributed by atoms with Crippen LogP contribution in [-0.2, 0) is 6.42 Å². The lowest BCUT2D eigenvalue weighted by Crippen LogP contribution is -1.93. The Morgan fingerprint density at radius 3 is 2.80 bits per heavy atom. The van der Waals surface area contributed by atoms with Gasteiger partial charge in [-0.25, -0.2) is 4.98 Å². The Balaban J connectivity index is 2.58. The van der Waals surface area contributed by atoms with Crippen molar-refractivity contribution < 1.29 is 0 Å². The van der Waals surface area contributed by atoms with Gasteiger partial charge in [-0.15, -0.1) is 0 Å². The van der Waals surface area contributed by atoms with Crippen LogP contribution in [0.2, 0.25) is 0 Å². The quantitative estimate of drug-likeness (QED) is 0.785. The van der Waals surface area contributed by atoms with Crippen LogP contribution in [0.15, 0.2) is 10.9 Å². The molecule has 1 N–H and O–H groups in total. The number of aromatic nitrogens is 2. The Hall–Kier alpha value is -0.310. The van der Waals surface area contributed by atoms with Crippen LogP contribution < -0.4 is 0 Å². The van der Waals surface area contributed by atoms with E-state index in [0.717, 1.165) is 11.2 Å². The van der Waals surface area contributed by atoms with Crippen molar-refractivity contribution in [2.24, 2.45) is 5.92 Å². The average molecular weight is 203 g/mol. The first-order valence-electron chi connectivity index (χ1n) is 3.38. The minimum absolute atomic E-state index is 0.687. The molecule has 0 saturated carbocycles. The van der Waals surface area contributed by atoms with Crippen molar-refractivity contribution in [3.63, 3.8) is 0 Å². The van der Waals surface area contributed by atoms with Crippen LogP contribution >= 0.6 is 15.9 Å². The van der Waals surface area contributed by atoms with Gasteiger partial charge in [-0.3, -0.25) is 0 Å². The lowest BCUT2D eigenvalue weighted by atomic mass is 10.1. The SMILES string of the molecule is CC(C)Cc1cnc(Br)[nH]1. The van der Waals surface area contributed by atoms with Crippen LogP contribution in [0.5, 0.6) is 0 Å². The van der Waals surface area contributed by atoms with Gasteiger partial charge in [-0.2, -0.15) is 0 Å². The molecular weight excluding hydrogens is 192 g/mol. The molecule has 0 atom stereocenters. The van der Waals surface area contributed by atoms with Crippen molar-refractivity contribution in [2.75, 3.05) is 0 Å². The lowest BCUT2D eigenvalue weighted by molar-refractivity contribution is 0.637. The number of rotatable bonds is 2. The lowest BCUT2D eigenvalue weighted by Gasteiger charge is -1.98. The monoisotopic (exact) mass is 202 g/mol. The molecule has 0 aliphatic rings. The summed E-state index contributed by atoms with van der Waals surface area (Å²) in [5, 5.41) is 0. The van der Waals surface area contributed by atoms with Gasteiger partial charge in [0.15, 0.2) is 4.73 Å². The van der Waals surface area contributed by atoms with Gasteiger partial charge in [-0.05, 0) is 28.3 Å². The summed E-state index contributed by atoms with van der Waals surface area (Å²) >= 11 is 3.26. The summed E-state index contributed by atoms with van der Waals surface area (Å²) in [7, 11) is 0. The van der Waals surface area contributed by atoms with E-state index in [1.54, 1.807) is 0 Å². The third kappa shape index (κ3) is 2.14. The minimum Gasteiger partial charge on any atom is -0.336 e. The number of hydrogen-bond donors (Lipinski definition) is 1. The van der Waals surface area contributed by atoms with Crippen molar-refractivity contribution in [3.8, 4) is 0 Å². The number of hydrogen-bond acceptors (Lipinski definition) is 1. The Morgan fingerprint density at radius 1 is 1.70 bits per heavy atom. The fourth-order valence-electron chi connectivity index (χ4n) is 0.875. The van der Waals surface area contributed by atoms with Gasteiger partial charge in [0.25, 0.3) is 0 Å². The number of nitrogens with one attached hydrogen (secondary N) is 1. The van der Waals surface area contributed by atoms with E-state index in [-0.39, 0.29) is 0 Å². The smallest absolute Gasteiger partial charge is 0.174 e. The Kier molecular flexibility index (Phi) is 2.49. The second-order valence-corrected chi connectivity index (χ2v) is 3.55. The van der Waals surface area contributed by atoms with Gasteiger partial charge in [0, 0.05) is 11.9 Å². The first-order chi connectivity index (χ1) is 4.68. The first kappa shape index (κ1) is 7.79. The summed E-state index contributed by atoms with van der Waals surface area (Å²) in [4.78, 5) is 7.14. The number of nitrogens with zero attached hydrogens (tertiary/aromatic N) is 1. The topological polar surface area (TPSA) is 28.7 Å². The zero-order chi connectivity index (χ0) is 7.56. The second kappa shape index (κ2) is 3.19. The summed E-state index contributed by atoms with van der Waals surface area (Å²) in [6.07, 6.45) is 2.93. The fraction of sp³-hybridized carbons (Fsp3) is 0.571. The Morgan fingerprint density at radius 2 is 2.40 bits per heavy atom. The van der Waals surface area contributed by atoms with E-state index in [4.69, 9.17) is 0 Å². The maximum Gasteiger partial charge on any atom is 0.174 e. The largest absolute Gasteiger partial charge is 0.336 e. The summed E-state index contributed by atoms with van der Waals surface area (Å²) in [5.74, 6) is 0.687. The molecule has 10 heavy (non-hydrogen) atoms. The van der Waals surface area contributed by atoms with Crippen molar-refractivity contribution in [1.82, 2.24) is 9.97 Å². The Bertz CT molecular complexity index is 205. The number of imidazole rings is 1. The van der Waals surface area contributed by atoms with Crippen molar-refractivity contribution in [1.29, 1.82) is 0 Å². The van der Waals surface area contributed by atoms with Gasteiger partial charge in [0.1, 0.15) is 0 Å². The van der Waals surface area contributed by atoms with Crippen LogP contribution in [0, 0.1) is 5.92 Å². The molecule has 1 rings (SSSR count). The zero-order valence-electron chi connectivity index (χ0n) is 6.19. The minimum atomic E-state index is 0.687. The molecule has 1 aromatic heterocycles.